The molecule has 0 spiro atoms. The third-order valence-corrected chi connectivity index (χ3v) is 3.40. The number of rotatable bonds is 6. The van der Waals surface area contributed by atoms with Crippen LogP contribution in [0.2, 0.25) is 0 Å². The molecule has 0 unspecified atom stereocenters. The van der Waals surface area contributed by atoms with Gasteiger partial charge in [-0.05, 0) is 37.1 Å². The summed E-state index contributed by atoms with van der Waals surface area (Å²) in [7, 11) is 1.42. The van der Waals surface area contributed by atoms with E-state index in [-0.39, 0.29) is 5.97 Å². The van der Waals surface area contributed by atoms with Gasteiger partial charge in [-0.1, -0.05) is 28.1 Å². The first-order chi connectivity index (χ1) is 8.13. The molecule has 4 heteroatoms. The topological polar surface area (TPSA) is 38.3 Å². The molecule has 0 saturated carbocycles. The number of hydrogen-bond acceptors (Lipinski definition) is 3. The zero-order valence-corrected chi connectivity index (χ0v) is 11.8. The second-order valence-electron chi connectivity index (χ2n) is 3.94. The fraction of sp³-hybridized carbons (Fsp3) is 0.462. The van der Waals surface area contributed by atoms with Gasteiger partial charge in [0.05, 0.1) is 7.11 Å². The molecule has 1 aromatic carbocycles. The van der Waals surface area contributed by atoms with Crippen molar-refractivity contribution in [3.8, 4) is 0 Å². The number of nitrogens with one attached hydrogen (secondary N) is 1. The number of esters is 1. The summed E-state index contributed by atoms with van der Waals surface area (Å²) in [5.41, 5.74) is 2.49. The second kappa shape index (κ2) is 7.45. The summed E-state index contributed by atoms with van der Waals surface area (Å²) in [6.07, 6.45) is 1.28. The minimum atomic E-state index is -0.147. The summed E-state index contributed by atoms with van der Waals surface area (Å²) in [4.78, 5) is 10.9. The summed E-state index contributed by atoms with van der Waals surface area (Å²) < 4.78 is 5.70. The molecule has 17 heavy (non-hydrogen) atoms. The van der Waals surface area contributed by atoms with Crippen LogP contribution >= 0.6 is 15.9 Å². The van der Waals surface area contributed by atoms with Crippen LogP contribution in [0.1, 0.15) is 24.0 Å². The van der Waals surface area contributed by atoms with Crippen LogP contribution in [0.15, 0.2) is 22.7 Å². The number of aryl methyl sites for hydroxylation is 1. The predicted octanol–water partition coefficient (Wildman–Crippen LogP) is 2.80. The van der Waals surface area contributed by atoms with Gasteiger partial charge in [0.15, 0.2) is 0 Å². The zero-order chi connectivity index (χ0) is 12.7. The van der Waals surface area contributed by atoms with Gasteiger partial charge in [-0.15, -0.1) is 0 Å². The van der Waals surface area contributed by atoms with Crippen molar-refractivity contribution < 1.29 is 9.53 Å². The van der Waals surface area contributed by atoms with Crippen LogP contribution in [0, 0.1) is 6.92 Å². The highest BCUT2D eigenvalue weighted by atomic mass is 79.9. The number of hydrogen-bond donors (Lipinski definition) is 1. The molecule has 0 bridgehead atoms. The van der Waals surface area contributed by atoms with Gasteiger partial charge >= 0.3 is 5.97 Å². The van der Waals surface area contributed by atoms with Crippen LogP contribution < -0.4 is 5.32 Å². The summed E-state index contributed by atoms with van der Waals surface area (Å²) in [6, 6.07) is 6.29. The van der Waals surface area contributed by atoms with E-state index in [0.29, 0.717) is 6.42 Å². The van der Waals surface area contributed by atoms with Crippen LogP contribution in [0.3, 0.4) is 0 Å². The first kappa shape index (κ1) is 14.2. The van der Waals surface area contributed by atoms with Gasteiger partial charge in [0, 0.05) is 17.4 Å². The summed E-state index contributed by atoms with van der Waals surface area (Å²) in [6.45, 7) is 3.73. The van der Waals surface area contributed by atoms with Gasteiger partial charge in [0.25, 0.3) is 0 Å². The molecule has 0 aliphatic carbocycles. The van der Waals surface area contributed by atoms with Gasteiger partial charge in [-0.25, -0.2) is 0 Å². The Labute approximate surface area is 111 Å². The molecule has 0 heterocycles. The lowest BCUT2D eigenvalue weighted by Gasteiger charge is -2.06. The van der Waals surface area contributed by atoms with E-state index in [1.807, 2.05) is 0 Å². The van der Waals surface area contributed by atoms with Crippen molar-refractivity contribution >= 4 is 21.9 Å². The van der Waals surface area contributed by atoms with Gasteiger partial charge in [-0.2, -0.15) is 0 Å². The lowest BCUT2D eigenvalue weighted by Crippen LogP contribution is -2.16. The van der Waals surface area contributed by atoms with E-state index >= 15 is 0 Å². The minimum absolute atomic E-state index is 0.147. The first-order valence-corrected chi connectivity index (χ1v) is 6.45. The monoisotopic (exact) mass is 299 g/mol. The molecule has 0 aliphatic heterocycles. The zero-order valence-electron chi connectivity index (χ0n) is 10.3. The number of benzene rings is 1. The molecule has 0 aromatic heterocycles. The molecular formula is C13H18BrNO2. The fourth-order valence-electron chi connectivity index (χ4n) is 1.51. The van der Waals surface area contributed by atoms with Crippen molar-refractivity contribution in [1.29, 1.82) is 0 Å². The SMILES string of the molecule is COC(=O)CCCNCc1ccc(Br)c(C)c1. The highest BCUT2D eigenvalue weighted by Crippen LogP contribution is 2.16. The lowest BCUT2D eigenvalue weighted by atomic mass is 10.1. The number of ether oxygens (including phenoxy) is 1. The van der Waals surface area contributed by atoms with Gasteiger partial charge in [-0.3, -0.25) is 4.79 Å². The van der Waals surface area contributed by atoms with E-state index < -0.39 is 0 Å². The van der Waals surface area contributed by atoms with E-state index in [1.54, 1.807) is 0 Å². The molecule has 0 aliphatic rings. The number of methoxy groups -OCH3 is 1. The van der Waals surface area contributed by atoms with E-state index in [1.165, 1.54) is 18.2 Å². The van der Waals surface area contributed by atoms with E-state index in [4.69, 9.17) is 0 Å². The largest absolute Gasteiger partial charge is 0.469 e. The Kier molecular flexibility index (Phi) is 6.22. The standard InChI is InChI=1S/C13H18BrNO2/c1-10-8-11(5-6-12(10)14)9-15-7-3-4-13(16)17-2/h5-6,8,15H,3-4,7,9H2,1-2H3. The molecule has 94 valence electrons. The van der Waals surface area contributed by atoms with Gasteiger partial charge < -0.3 is 10.1 Å². The number of carbonyl (C=O) groups is 1. The third kappa shape index (κ3) is 5.33. The molecule has 1 aromatic rings. The Morgan fingerprint density at radius 3 is 2.88 bits per heavy atom. The molecule has 0 atom stereocenters. The highest BCUT2D eigenvalue weighted by molar-refractivity contribution is 9.10. The Hall–Kier alpha value is -0.870. The van der Waals surface area contributed by atoms with E-state index in [0.717, 1.165) is 24.0 Å². The molecule has 0 fully saturated rings. The van der Waals surface area contributed by atoms with Crippen LogP contribution in [-0.4, -0.2) is 19.6 Å². The van der Waals surface area contributed by atoms with Crippen molar-refractivity contribution in [3.63, 3.8) is 0 Å². The molecule has 0 amide bonds. The molecular weight excluding hydrogens is 282 g/mol. The van der Waals surface area contributed by atoms with Crippen LogP contribution in [0.4, 0.5) is 0 Å². The molecule has 1 N–H and O–H groups in total. The Morgan fingerprint density at radius 1 is 1.47 bits per heavy atom. The van der Waals surface area contributed by atoms with Crippen molar-refractivity contribution in [1.82, 2.24) is 5.32 Å². The lowest BCUT2D eigenvalue weighted by molar-refractivity contribution is -0.140. The third-order valence-electron chi connectivity index (χ3n) is 2.51. The maximum atomic E-state index is 10.9. The quantitative estimate of drug-likeness (QED) is 0.648. The smallest absolute Gasteiger partial charge is 0.305 e. The summed E-state index contributed by atoms with van der Waals surface area (Å²) in [5.74, 6) is -0.147. The van der Waals surface area contributed by atoms with Crippen LogP contribution in [-0.2, 0) is 16.1 Å². The average Bonchev–Trinajstić information content (AvgIpc) is 2.33. The van der Waals surface area contributed by atoms with Crippen molar-refractivity contribution in [3.05, 3.63) is 33.8 Å². The van der Waals surface area contributed by atoms with Crippen molar-refractivity contribution in [2.45, 2.75) is 26.3 Å². The first-order valence-electron chi connectivity index (χ1n) is 5.66. The predicted molar refractivity (Wildman–Crippen MR) is 71.8 cm³/mol. The van der Waals surface area contributed by atoms with Gasteiger partial charge in [0.2, 0.25) is 0 Å². The average molecular weight is 300 g/mol. The van der Waals surface area contributed by atoms with E-state index in [9.17, 15) is 4.79 Å². The molecule has 1 rings (SSSR count). The van der Waals surface area contributed by atoms with Crippen LogP contribution in [0.25, 0.3) is 0 Å². The van der Waals surface area contributed by atoms with Crippen molar-refractivity contribution in [2.75, 3.05) is 13.7 Å². The van der Waals surface area contributed by atoms with Gasteiger partial charge in [0.1, 0.15) is 0 Å². The summed E-state index contributed by atoms with van der Waals surface area (Å²) in [5, 5.41) is 3.30. The maximum absolute atomic E-state index is 10.9. The minimum Gasteiger partial charge on any atom is -0.469 e. The van der Waals surface area contributed by atoms with Crippen LogP contribution in [0.5, 0.6) is 0 Å². The Morgan fingerprint density at radius 2 is 2.24 bits per heavy atom. The normalized spacial score (nSPS) is 10.3. The number of carbonyl (C=O) groups excluding carboxylic acids is 1. The maximum Gasteiger partial charge on any atom is 0.305 e. The fourth-order valence-corrected chi connectivity index (χ4v) is 1.76. The Bertz CT molecular complexity index is 380. The van der Waals surface area contributed by atoms with E-state index in [2.05, 4.69) is 51.1 Å². The number of halogens is 1. The molecule has 0 saturated heterocycles. The second-order valence-corrected chi connectivity index (χ2v) is 4.79. The molecule has 0 radical (unpaired) electrons. The highest BCUT2D eigenvalue weighted by Gasteiger charge is 2.00. The molecule has 3 nitrogen and oxygen atoms in total. The summed E-state index contributed by atoms with van der Waals surface area (Å²) >= 11 is 3.47. The Balaban J connectivity index is 2.22. The van der Waals surface area contributed by atoms with Crippen molar-refractivity contribution in [2.24, 2.45) is 0 Å².